The van der Waals surface area contributed by atoms with E-state index in [1.807, 2.05) is 30.3 Å². The van der Waals surface area contributed by atoms with Gasteiger partial charge >= 0.3 is 0 Å². The van der Waals surface area contributed by atoms with Gasteiger partial charge < -0.3 is 4.42 Å². The highest BCUT2D eigenvalue weighted by atomic mass is 79.9. The number of benzene rings is 3. The van der Waals surface area contributed by atoms with Crippen molar-refractivity contribution in [3.05, 3.63) is 83.5 Å². The summed E-state index contributed by atoms with van der Waals surface area (Å²) in [5, 5.41) is 1.12. The van der Waals surface area contributed by atoms with Gasteiger partial charge in [0.05, 0.1) is 0 Å². The van der Waals surface area contributed by atoms with E-state index in [9.17, 15) is 0 Å². The van der Waals surface area contributed by atoms with E-state index >= 15 is 0 Å². The predicted octanol–water partition coefficient (Wildman–Crippen LogP) is 6.53. The molecule has 1 heterocycles. The van der Waals surface area contributed by atoms with Gasteiger partial charge in [-0.25, -0.2) is 0 Å². The summed E-state index contributed by atoms with van der Waals surface area (Å²) in [6.07, 6.45) is 0. The van der Waals surface area contributed by atoms with Crippen LogP contribution in [0.15, 0.2) is 87.9 Å². The second-order valence-electron chi connectivity index (χ2n) is 5.19. The Bertz CT molecular complexity index is 924. The van der Waals surface area contributed by atoms with Gasteiger partial charge in [0.2, 0.25) is 0 Å². The number of furan rings is 1. The Morgan fingerprint density at radius 3 is 1.95 bits per heavy atom. The number of hydrogen-bond donors (Lipinski definition) is 0. The normalized spacial score (nSPS) is 11.0. The van der Waals surface area contributed by atoms with Gasteiger partial charge in [-0.15, -0.1) is 0 Å². The van der Waals surface area contributed by atoms with Crippen molar-refractivity contribution in [1.29, 1.82) is 0 Å². The number of rotatable bonds is 2. The van der Waals surface area contributed by atoms with Crippen LogP contribution >= 0.6 is 15.9 Å². The quantitative estimate of drug-likeness (QED) is 0.401. The van der Waals surface area contributed by atoms with Gasteiger partial charge in [0, 0.05) is 10.9 Å². The number of hydrogen-bond acceptors (Lipinski definition) is 1. The van der Waals surface area contributed by atoms with Crippen LogP contribution in [0, 0.1) is 0 Å². The zero-order valence-corrected chi connectivity index (χ0v) is 13.4. The Morgan fingerprint density at radius 1 is 0.636 bits per heavy atom. The topological polar surface area (TPSA) is 13.1 Å². The van der Waals surface area contributed by atoms with E-state index in [0.29, 0.717) is 0 Å². The maximum Gasteiger partial charge on any atom is 0.178 e. The molecule has 2 heteroatoms. The maximum atomic E-state index is 5.86. The van der Waals surface area contributed by atoms with E-state index in [4.69, 9.17) is 4.42 Å². The van der Waals surface area contributed by atoms with Gasteiger partial charge in [0.1, 0.15) is 5.58 Å². The molecule has 0 saturated heterocycles. The first-order chi connectivity index (χ1) is 10.8. The van der Waals surface area contributed by atoms with Crippen LogP contribution < -0.4 is 0 Å². The Hall–Kier alpha value is -2.32. The highest BCUT2D eigenvalue weighted by Crippen LogP contribution is 2.39. The second-order valence-corrected chi connectivity index (χ2v) is 5.91. The van der Waals surface area contributed by atoms with E-state index in [1.165, 1.54) is 11.1 Å². The third-order valence-electron chi connectivity index (χ3n) is 3.81. The van der Waals surface area contributed by atoms with Crippen LogP contribution in [0.1, 0.15) is 0 Å². The minimum absolute atomic E-state index is 0.777. The van der Waals surface area contributed by atoms with Crippen molar-refractivity contribution in [2.75, 3.05) is 0 Å². The van der Waals surface area contributed by atoms with Crippen LogP contribution in [0.5, 0.6) is 0 Å². The summed E-state index contributed by atoms with van der Waals surface area (Å²) in [6, 6.07) is 27.0. The fourth-order valence-corrected chi connectivity index (χ4v) is 3.37. The SMILES string of the molecule is Brc1oc2ccc(-c3ccccc3)cc2c1-c1ccccc1. The summed E-state index contributed by atoms with van der Waals surface area (Å²) in [4.78, 5) is 0. The molecule has 0 fully saturated rings. The van der Waals surface area contributed by atoms with Gasteiger partial charge in [-0.05, 0) is 44.8 Å². The average molecular weight is 349 g/mol. The molecular formula is C20H13BrO. The molecule has 0 aliphatic carbocycles. The lowest BCUT2D eigenvalue weighted by molar-refractivity contribution is 0.589. The van der Waals surface area contributed by atoms with Crippen LogP contribution in [0.3, 0.4) is 0 Å². The molecule has 0 amide bonds. The molecule has 4 rings (SSSR count). The summed E-state index contributed by atoms with van der Waals surface area (Å²) in [7, 11) is 0. The molecule has 0 saturated carbocycles. The van der Waals surface area contributed by atoms with Crippen molar-refractivity contribution in [3.8, 4) is 22.3 Å². The van der Waals surface area contributed by atoms with Crippen LogP contribution in [0.2, 0.25) is 0 Å². The van der Waals surface area contributed by atoms with E-state index in [0.717, 1.165) is 26.8 Å². The minimum atomic E-state index is 0.777. The van der Waals surface area contributed by atoms with Crippen molar-refractivity contribution < 1.29 is 4.42 Å². The molecule has 0 N–H and O–H groups in total. The molecule has 4 aromatic rings. The molecule has 0 spiro atoms. The predicted molar refractivity (Wildman–Crippen MR) is 94.8 cm³/mol. The summed E-state index contributed by atoms with van der Waals surface area (Å²) < 4.78 is 6.64. The highest BCUT2D eigenvalue weighted by Gasteiger charge is 2.14. The van der Waals surface area contributed by atoms with Crippen molar-refractivity contribution in [2.45, 2.75) is 0 Å². The maximum absolute atomic E-state index is 5.86. The monoisotopic (exact) mass is 348 g/mol. The molecule has 3 aromatic carbocycles. The van der Waals surface area contributed by atoms with Gasteiger partial charge in [0.15, 0.2) is 4.67 Å². The average Bonchev–Trinajstić information content (AvgIpc) is 2.91. The third kappa shape index (κ3) is 2.26. The van der Waals surface area contributed by atoms with Crippen LogP contribution in [-0.4, -0.2) is 0 Å². The van der Waals surface area contributed by atoms with E-state index in [1.54, 1.807) is 0 Å². The first-order valence-electron chi connectivity index (χ1n) is 7.16. The van der Waals surface area contributed by atoms with E-state index in [2.05, 4.69) is 64.5 Å². The van der Waals surface area contributed by atoms with E-state index < -0.39 is 0 Å². The standard InChI is InChI=1S/C20H13BrO/c21-20-19(15-9-5-2-6-10-15)17-13-16(11-12-18(17)22-20)14-7-3-1-4-8-14/h1-13H. The van der Waals surface area contributed by atoms with Crippen LogP contribution in [-0.2, 0) is 0 Å². The van der Waals surface area contributed by atoms with Gasteiger partial charge in [0.25, 0.3) is 0 Å². The number of halogens is 1. The lowest BCUT2D eigenvalue weighted by Crippen LogP contribution is -1.79. The molecule has 1 nitrogen and oxygen atoms in total. The molecular weight excluding hydrogens is 336 g/mol. The van der Waals surface area contributed by atoms with Crippen molar-refractivity contribution in [1.82, 2.24) is 0 Å². The first kappa shape index (κ1) is 13.4. The van der Waals surface area contributed by atoms with Gasteiger partial charge in [-0.3, -0.25) is 0 Å². The van der Waals surface area contributed by atoms with Crippen molar-refractivity contribution in [3.63, 3.8) is 0 Å². The fourth-order valence-electron chi connectivity index (χ4n) is 2.75. The molecule has 0 bridgehead atoms. The molecule has 22 heavy (non-hydrogen) atoms. The van der Waals surface area contributed by atoms with Crippen LogP contribution in [0.4, 0.5) is 0 Å². The molecule has 0 aliphatic rings. The molecule has 0 aliphatic heterocycles. The molecule has 1 aromatic heterocycles. The van der Waals surface area contributed by atoms with Crippen molar-refractivity contribution >= 4 is 26.9 Å². The molecule has 106 valence electrons. The lowest BCUT2D eigenvalue weighted by atomic mass is 10.00. The molecule has 0 unspecified atom stereocenters. The van der Waals surface area contributed by atoms with Crippen molar-refractivity contribution in [2.24, 2.45) is 0 Å². The smallest absolute Gasteiger partial charge is 0.178 e. The third-order valence-corrected chi connectivity index (χ3v) is 4.37. The molecule has 0 radical (unpaired) electrons. The zero-order valence-electron chi connectivity index (χ0n) is 11.8. The summed E-state index contributed by atoms with van der Waals surface area (Å²) in [5.74, 6) is 0. The summed E-state index contributed by atoms with van der Waals surface area (Å²) in [5.41, 5.74) is 5.55. The Kier molecular flexibility index (Phi) is 3.32. The summed E-state index contributed by atoms with van der Waals surface area (Å²) >= 11 is 3.56. The van der Waals surface area contributed by atoms with Crippen LogP contribution in [0.25, 0.3) is 33.2 Å². The molecule has 0 atom stereocenters. The second kappa shape index (κ2) is 5.47. The lowest BCUT2D eigenvalue weighted by Gasteiger charge is -2.03. The largest absolute Gasteiger partial charge is 0.449 e. The number of fused-ring (bicyclic) bond motifs is 1. The van der Waals surface area contributed by atoms with Gasteiger partial charge in [-0.2, -0.15) is 0 Å². The highest BCUT2D eigenvalue weighted by molar-refractivity contribution is 9.10. The Morgan fingerprint density at radius 2 is 1.27 bits per heavy atom. The Labute approximate surface area is 137 Å². The zero-order chi connectivity index (χ0) is 14.9. The Balaban J connectivity index is 1.96. The van der Waals surface area contributed by atoms with E-state index in [-0.39, 0.29) is 0 Å². The van der Waals surface area contributed by atoms with Gasteiger partial charge in [-0.1, -0.05) is 66.7 Å². The fraction of sp³-hybridized carbons (Fsp3) is 0. The minimum Gasteiger partial charge on any atom is -0.449 e. The summed E-state index contributed by atoms with van der Waals surface area (Å²) in [6.45, 7) is 0. The first-order valence-corrected chi connectivity index (χ1v) is 7.95.